The zero-order valence-corrected chi connectivity index (χ0v) is 13.8. The van der Waals surface area contributed by atoms with Crippen LogP contribution in [0.2, 0.25) is 0 Å². The molecule has 0 amide bonds. The molecule has 0 saturated heterocycles. The van der Waals surface area contributed by atoms with Gasteiger partial charge in [0.05, 0.1) is 4.90 Å². The fraction of sp³-hybridized carbons (Fsp3) is 0.286. The Hall–Kier alpha value is -0.950. The van der Waals surface area contributed by atoms with Crippen LogP contribution >= 0.6 is 15.9 Å². The van der Waals surface area contributed by atoms with Gasteiger partial charge in [0.15, 0.2) is 0 Å². The second-order valence-electron chi connectivity index (χ2n) is 5.47. The van der Waals surface area contributed by atoms with Gasteiger partial charge in [0, 0.05) is 16.6 Å². The summed E-state index contributed by atoms with van der Waals surface area (Å²) in [5, 5.41) is 1.86. The van der Waals surface area contributed by atoms with E-state index in [4.69, 9.17) is 5.73 Å². The highest BCUT2D eigenvalue weighted by Gasteiger charge is 2.18. The van der Waals surface area contributed by atoms with Gasteiger partial charge in [-0.25, -0.2) is 13.1 Å². The van der Waals surface area contributed by atoms with E-state index in [0.29, 0.717) is 0 Å². The number of nitrogens with two attached hydrogens (primary N) is 1. The van der Waals surface area contributed by atoms with Crippen molar-refractivity contribution in [3.8, 4) is 0 Å². The number of sulfonamides is 1. The zero-order chi connectivity index (χ0) is 15.0. The fourth-order valence-corrected chi connectivity index (χ4v) is 3.36. The fourth-order valence-electron chi connectivity index (χ4n) is 1.73. The van der Waals surface area contributed by atoms with Crippen LogP contribution < -0.4 is 10.5 Å². The Labute approximate surface area is 127 Å². The molecule has 3 N–H and O–H groups in total. The molecule has 2 rings (SSSR count). The summed E-state index contributed by atoms with van der Waals surface area (Å²) < 4.78 is 27.9. The number of hydrogen-bond donors (Lipinski definition) is 2. The van der Waals surface area contributed by atoms with Crippen LogP contribution in [0.4, 0.5) is 0 Å². The Balaban J connectivity index is 2.35. The standard InChI is InChI=1S/C14H17BrN2O2S/c1-14(2,16)9-17-20(18,19)13-6-4-10-7-12(15)5-3-11(10)8-13/h3-8,17H,9,16H2,1-2H3. The molecule has 0 heterocycles. The lowest BCUT2D eigenvalue weighted by Crippen LogP contribution is -2.45. The van der Waals surface area contributed by atoms with Crippen molar-refractivity contribution in [3.63, 3.8) is 0 Å². The third-order valence-corrected chi connectivity index (χ3v) is 4.69. The maximum Gasteiger partial charge on any atom is 0.240 e. The van der Waals surface area contributed by atoms with E-state index < -0.39 is 15.6 Å². The molecule has 0 atom stereocenters. The quantitative estimate of drug-likeness (QED) is 0.884. The maximum absolute atomic E-state index is 12.2. The first kappa shape index (κ1) is 15.4. The molecule has 0 aliphatic carbocycles. The molecule has 0 bridgehead atoms. The Morgan fingerprint density at radius 1 is 1.15 bits per heavy atom. The van der Waals surface area contributed by atoms with E-state index >= 15 is 0 Å². The Kier molecular flexibility index (Phi) is 4.20. The van der Waals surface area contributed by atoms with E-state index in [-0.39, 0.29) is 11.4 Å². The molecule has 0 radical (unpaired) electrons. The SMILES string of the molecule is CC(C)(N)CNS(=O)(=O)c1ccc2cc(Br)ccc2c1. The molecule has 2 aromatic carbocycles. The van der Waals surface area contributed by atoms with Crippen LogP contribution in [0.15, 0.2) is 45.8 Å². The first-order valence-electron chi connectivity index (χ1n) is 6.15. The summed E-state index contributed by atoms with van der Waals surface area (Å²) in [5.41, 5.74) is 5.21. The van der Waals surface area contributed by atoms with Gasteiger partial charge >= 0.3 is 0 Å². The highest BCUT2D eigenvalue weighted by molar-refractivity contribution is 9.10. The van der Waals surface area contributed by atoms with Crippen LogP contribution in [0.1, 0.15) is 13.8 Å². The summed E-state index contributed by atoms with van der Waals surface area (Å²) in [4.78, 5) is 0.247. The Morgan fingerprint density at radius 3 is 2.40 bits per heavy atom. The number of benzene rings is 2. The van der Waals surface area contributed by atoms with Crippen LogP contribution in [0.5, 0.6) is 0 Å². The Morgan fingerprint density at radius 2 is 1.75 bits per heavy atom. The molecule has 20 heavy (non-hydrogen) atoms. The summed E-state index contributed by atoms with van der Waals surface area (Å²) in [6, 6.07) is 10.8. The van der Waals surface area contributed by atoms with Crippen LogP contribution in [-0.2, 0) is 10.0 Å². The molecule has 4 nitrogen and oxygen atoms in total. The summed E-state index contributed by atoms with van der Waals surface area (Å²) in [5.74, 6) is 0. The lowest BCUT2D eigenvalue weighted by molar-refractivity contribution is 0.498. The van der Waals surface area contributed by atoms with E-state index in [1.807, 2.05) is 18.2 Å². The highest BCUT2D eigenvalue weighted by Crippen LogP contribution is 2.22. The van der Waals surface area contributed by atoms with Crippen LogP contribution in [0.25, 0.3) is 10.8 Å². The first-order valence-corrected chi connectivity index (χ1v) is 8.43. The third-order valence-electron chi connectivity index (χ3n) is 2.80. The highest BCUT2D eigenvalue weighted by atomic mass is 79.9. The monoisotopic (exact) mass is 356 g/mol. The molecule has 0 spiro atoms. The number of fused-ring (bicyclic) bond motifs is 1. The summed E-state index contributed by atoms with van der Waals surface area (Å²) in [7, 11) is -3.54. The van der Waals surface area contributed by atoms with Gasteiger partial charge in [-0.3, -0.25) is 0 Å². The molecular weight excluding hydrogens is 340 g/mol. The second kappa shape index (κ2) is 5.44. The molecule has 108 valence electrons. The first-order chi connectivity index (χ1) is 9.17. The number of hydrogen-bond acceptors (Lipinski definition) is 3. The van der Waals surface area contributed by atoms with Gasteiger partial charge in [-0.15, -0.1) is 0 Å². The van der Waals surface area contributed by atoms with Gasteiger partial charge < -0.3 is 5.73 Å². The van der Waals surface area contributed by atoms with E-state index in [2.05, 4.69) is 20.7 Å². The van der Waals surface area contributed by atoms with Gasteiger partial charge in [0.1, 0.15) is 0 Å². The minimum Gasteiger partial charge on any atom is -0.324 e. The van der Waals surface area contributed by atoms with Crippen molar-refractivity contribution in [2.24, 2.45) is 5.73 Å². The smallest absolute Gasteiger partial charge is 0.240 e. The largest absolute Gasteiger partial charge is 0.324 e. The molecular formula is C14H17BrN2O2S. The van der Waals surface area contributed by atoms with Gasteiger partial charge in [-0.05, 0) is 48.9 Å². The van der Waals surface area contributed by atoms with Crippen LogP contribution in [0.3, 0.4) is 0 Å². The predicted octanol–water partition coefficient (Wildman–Crippen LogP) is 2.62. The van der Waals surface area contributed by atoms with Crippen molar-refractivity contribution in [3.05, 3.63) is 40.9 Å². The summed E-state index contributed by atoms with van der Waals surface area (Å²) >= 11 is 3.39. The van der Waals surface area contributed by atoms with Crippen molar-refractivity contribution in [1.29, 1.82) is 0 Å². The molecule has 0 aliphatic heterocycles. The number of nitrogens with one attached hydrogen (secondary N) is 1. The topological polar surface area (TPSA) is 72.2 Å². The third kappa shape index (κ3) is 3.79. The van der Waals surface area contributed by atoms with Gasteiger partial charge in [0.25, 0.3) is 0 Å². The minimum absolute atomic E-state index is 0.188. The van der Waals surface area contributed by atoms with Gasteiger partial charge in [-0.1, -0.05) is 28.1 Å². The van der Waals surface area contributed by atoms with E-state index in [9.17, 15) is 8.42 Å². The molecule has 0 fully saturated rings. The van der Waals surface area contributed by atoms with Crippen molar-refractivity contribution in [2.45, 2.75) is 24.3 Å². The minimum atomic E-state index is -3.54. The predicted molar refractivity (Wildman–Crippen MR) is 85.1 cm³/mol. The Bertz CT molecular complexity index is 736. The molecule has 0 saturated carbocycles. The van der Waals surface area contributed by atoms with Crippen molar-refractivity contribution >= 4 is 36.7 Å². The molecule has 2 aromatic rings. The normalized spacial score (nSPS) is 12.8. The van der Waals surface area contributed by atoms with Crippen LogP contribution in [-0.4, -0.2) is 20.5 Å². The van der Waals surface area contributed by atoms with Crippen LogP contribution in [0, 0.1) is 0 Å². The van der Waals surface area contributed by atoms with Crippen molar-refractivity contribution in [2.75, 3.05) is 6.54 Å². The average Bonchev–Trinajstić information content (AvgIpc) is 2.35. The summed E-state index contributed by atoms with van der Waals surface area (Å²) in [6.45, 7) is 3.73. The number of rotatable bonds is 4. The van der Waals surface area contributed by atoms with E-state index in [1.54, 1.807) is 32.0 Å². The molecule has 0 unspecified atom stereocenters. The van der Waals surface area contributed by atoms with E-state index in [1.165, 1.54) is 0 Å². The average molecular weight is 357 g/mol. The molecule has 6 heteroatoms. The summed E-state index contributed by atoms with van der Waals surface area (Å²) in [6.07, 6.45) is 0. The van der Waals surface area contributed by atoms with Gasteiger partial charge in [-0.2, -0.15) is 0 Å². The molecule has 0 aromatic heterocycles. The van der Waals surface area contributed by atoms with Gasteiger partial charge in [0.2, 0.25) is 10.0 Å². The number of halogens is 1. The lowest BCUT2D eigenvalue weighted by Gasteiger charge is -2.19. The lowest BCUT2D eigenvalue weighted by atomic mass is 10.1. The maximum atomic E-state index is 12.2. The van der Waals surface area contributed by atoms with Crippen molar-refractivity contribution < 1.29 is 8.42 Å². The second-order valence-corrected chi connectivity index (χ2v) is 8.15. The zero-order valence-electron chi connectivity index (χ0n) is 11.4. The van der Waals surface area contributed by atoms with E-state index in [0.717, 1.165) is 15.2 Å². The van der Waals surface area contributed by atoms with Crippen molar-refractivity contribution in [1.82, 2.24) is 4.72 Å². The molecule has 0 aliphatic rings.